The first-order valence-corrected chi connectivity index (χ1v) is 6.71. The molecule has 1 saturated heterocycles. The first-order chi connectivity index (χ1) is 6.96. The number of halogens is 1. The highest BCUT2D eigenvalue weighted by Gasteiger charge is 2.38. The van der Waals surface area contributed by atoms with Gasteiger partial charge in [-0.1, -0.05) is 0 Å². The van der Waals surface area contributed by atoms with Gasteiger partial charge in [0, 0.05) is 20.7 Å². The Balaban J connectivity index is 2.16. The molecular weight excluding hydrogens is 275 g/mol. The Morgan fingerprint density at radius 2 is 2.33 bits per heavy atom. The molecule has 0 radical (unpaired) electrons. The van der Waals surface area contributed by atoms with Crippen molar-refractivity contribution in [3.05, 3.63) is 15.9 Å². The molecule has 1 aromatic heterocycles. The van der Waals surface area contributed by atoms with Crippen LogP contribution in [0.15, 0.2) is 15.9 Å². The summed E-state index contributed by atoms with van der Waals surface area (Å²) in [5.41, 5.74) is -0.0984. The van der Waals surface area contributed by atoms with Crippen molar-refractivity contribution in [3.63, 3.8) is 0 Å². The van der Waals surface area contributed by atoms with Crippen LogP contribution in [0, 0.1) is 0 Å². The summed E-state index contributed by atoms with van der Waals surface area (Å²) in [4.78, 5) is 0. The third kappa shape index (κ3) is 2.84. The smallest absolute Gasteiger partial charge is 0.404 e. The van der Waals surface area contributed by atoms with Gasteiger partial charge in [0.15, 0.2) is 0 Å². The molecule has 0 amide bonds. The first kappa shape index (κ1) is 11.6. The maximum Gasteiger partial charge on any atom is 0.505 e. The Kier molecular flexibility index (Phi) is 3.26. The van der Waals surface area contributed by atoms with E-state index in [1.54, 1.807) is 11.3 Å². The molecule has 5 heteroatoms. The van der Waals surface area contributed by atoms with Gasteiger partial charge in [-0.15, -0.1) is 0 Å². The van der Waals surface area contributed by atoms with Crippen LogP contribution in [0.25, 0.3) is 0 Å². The lowest BCUT2D eigenvalue weighted by Crippen LogP contribution is -2.50. The summed E-state index contributed by atoms with van der Waals surface area (Å²) >= 11 is 5.10. The van der Waals surface area contributed by atoms with Crippen LogP contribution >= 0.6 is 27.3 Å². The van der Waals surface area contributed by atoms with E-state index in [-0.39, 0.29) is 18.8 Å². The van der Waals surface area contributed by atoms with E-state index in [4.69, 9.17) is 9.31 Å². The van der Waals surface area contributed by atoms with E-state index in [0.717, 1.165) is 15.7 Å². The van der Waals surface area contributed by atoms with Gasteiger partial charge in [-0.2, -0.15) is 11.3 Å². The van der Waals surface area contributed by atoms with Gasteiger partial charge in [-0.05, 0) is 49.2 Å². The minimum absolute atomic E-state index is 0.0984. The maximum atomic E-state index is 5.91. The molecule has 1 aromatic rings. The van der Waals surface area contributed by atoms with Crippen molar-refractivity contribution >= 4 is 39.2 Å². The van der Waals surface area contributed by atoms with Crippen LogP contribution in [-0.4, -0.2) is 18.8 Å². The molecule has 1 atom stereocenters. The SMILES string of the molecule is CC1CC(C)(C)OB(c2cc(Br)cs2)O1. The molecule has 0 saturated carbocycles. The minimum Gasteiger partial charge on any atom is -0.404 e. The molecule has 0 aromatic carbocycles. The summed E-state index contributed by atoms with van der Waals surface area (Å²) in [5, 5.41) is 2.05. The number of hydrogen-bond donors (Lipinski definition) is 0. The summed E-state index contributed by atoms with van der Waals surface area (Å²) in [6.07, 6.45) is 1.19. The summed E-state index contributed by atoms with van der Waals surface area (Å²) in [5.74, 6) is 0. The predicted octanol–water partition coefficient (Wildman–Crippen LogP) is 2.81. The van der Waals surface area contributed by atoms with Crippen molar-refractivity contribution in [2.24, 2.45) is 0 Å². The molecule has 2 nitrogen and oxygen atoms in total. The van der Waals surface area contributed by atoms with E-state index < -0.39 is 0 Å². The van der Waals surface area contributed by atoms with Crippen molar-refractivity contribution in [1.82, 2.24) is 0 Å². The van der Waals surface area contributed by atoms with Crippen molar-refractivity contribution in [3.8, 4) is 0 Å². The van der Waals surface area contributed by atoms with Gasteiger partial charge in [0.1, 0.15) is 0 Å². The fourth-order valence-corrected chi connectivity index (χ4v) is 3.30. The molecule has 0 bridgehead atoms. The van der Waals surface area contributed by atoms with Crippen LogP contribution in [0.3, 0.4) is 0 Å². The Bertz CT molecular complexity index is 353. The van der Waals surface area contributed by atoms with E-state index in [0.29, 0.717) is 0 Å². The van der Waals surface area contributed by atoms with E-state index in [9.17, 15) is 0 Å². The molecule has 15 heavy (non-hydrogen) atoms. The van der Waals surface area contributed by atoms with Crippen molar-refractivity contribution in [2.75, 3.05) is 0 Å². The van der Waals surface area contributed by atoms with Crippen LogP contribution in [0.1, 0.15) is 27.2 Å². The molecule has 0 aliphatic carbocycles. The van der Waals surface area contributed by atoms with Crippen molar-refractivity contribution in [1.29, 1.82) is 0 Å². The van der Waals surface area contributed by atoms with Gasteiger partial charge in [-0.25, -0.2) is 0 Å². The Morgan fingerprint density at radius 3 is 2.87 bits per heavy atom. The van der Waals surface area contributed by atoms with Crippen LogP contribution in [-0.2, 0) is 9.31 Å². The second-order valence-electron chi connectivity index (χ2n) is 4.53. The van der Waals surface area contributed by atoms with Gasteiger partial charge in [-0.3, -0.25) is 0 Å². The van der Waals surface area contributed by atoms with Crippen LogP contribution in [0.5, 0.6) is 0 Å². The minimum atomic E-state index is -0.208. The number of rotatable bonds is 1. The van der Waals surface area contributed by atoms with Crippen molar-refractivity contribution in [2.45, 2.75) is 38.9 Å². The quantitative estimate of drug-likeness (QED) is 0.740. The van der Waals surface area contributed by atoms with Crippen LogP contribution < -0.4 is 4.78 Å². The normalized spacial score (nSPS) is 25.6. The highest BCUT2D eigenvalue weighted by Crippen LogP contribution is 2.26. The third-order valence-electron chi connectivity index (χ3n) is 2.38. The van der Waals surface area contributed by atoms with E-state index >= 15 is 0 Å². The van der Waals surface area contributed by atoms with Gasteiger partial charge < -0.3 is 9.31 Å². The average Bonchev–Trinajstić information content (AvgIpc) is 2.48. The van der Waals surface area contributed by atoms with Gasteiger partial charge >= 0.3 is 7.12 Å². The molecule has 1 unspecified atom stereocenters. The molecule has 1 fully saturated rings. The summed E-state index contributed by atoms with van der Waals surface area (Å²) in [6, 6.07) is 2.06. The Hall–Kier alpha value is 0.165. The Labute approximate surface area is 103 Å². The number of hydrogen-bond acceptors (Lipinski definition) is 3. The lowest BCUT2D eigenvalue weighted by atomic mass is 9.81. The summed E-state index contributed by atoms with van der Waals surface area (Å²) in [7, 11) is -0.208. The molecule has 1 aliphatic rings. The zero-order valence-corrected chi connectivity index (χ0v) is 11.5. The van der Waals surface area contributed by atoms with Gasteiger partial charge in [0.25, 0.3) is 0 Å². The molecule has 1 aliphatic heterocycles. The highest BCUT2D eigenvalue weighted by molar-refractivity contribution is 9.10. The molecule has 2 rings (SSSR count). The summed E-state index contributed by atoms with van der Waals surface area (Å²) in [6.45, 7) is 6.32. The lowest BCUT2D eigenvalue weighted by Gasteiger charge is -2.37. The predicted molar refractivity (Wildman–Crippen MR) is 67.7 cm³/mol. The highest BCUT2D eigenvalue weighted by atomic mass is 79.9. The number of thiophene rings is 1. The second-order valence-corrected chi connectivity index (χ2v) is 6.39. The first-order valence-electron chi connectivity index (χ1n) is 5.03. The van der Waals surface area contributed by atoms with Gasteiger partial charge in [0.2, 0.25) is 0 Å². The van der Waals surface area contributed by atoms with E-state index in [1.165, 1.54) is 0 Å². The topological polar surface area (TPSA) is 18.5 Å². The van der Waals surface area contributed by atoms with Crippen LogP contribution in [0.4, 0.5) is 0 Å². The van der Waals surface area contributed by atoms with Crippen LogP contribution in [0.2, 0.25) is 0 Å². The fraction of sp³-hybridized carbons (Fsp3) is 0.600. The zero-order chi connectivity index (χ0) is 11.1. The van der Waals surface area contributed by atoms with E-state index in [2.05, 4.69) is 42.8 Å². The Morgan fingerprint density at radius 1 is 1.60 bits per heavy atom. The molecule has 0 spiro atoms. The molecule has 82 valence electrons. The molecule has 0 N–H and O–H groups in total. The summed E-state index contributed by atoms with van der Waals surface area (Å²) < 4.78 is 13.9. The standard InChI is InChI=1S/C10H14BBrO2S/c1-7-5-10(2,3)14-11(13-7)9-4-8(12)6-15-9/h4,6-7H,5H2,1-3H3. The largest absolute Gasteiger partial charge is 0.505 e. The maximum absolute atomic E-state index is 5.91. The monoisotopic (exact) mass is 288 g/mol. The second kappa shape index (κ2) is 4.20. The third-order valence-corrected chi connectivity index (χ3v) is 4.10. The van der Waals surface area contributed by atoms with E-state index in [1.807, 2.05) is 5.38 Å². The van der Waals surface area contributed by atoms with Gasteiger partial charge in [0.05, 0.1) is 5.60 Å². The molecule has 2 heterocycles. The van der Waals surface area contributed by atoms with Crippen molar-refractivity contribution < 1.29 is 9.31 Å². The lowest BCUT2D eigenvalue weighted by molar-refractivity contribution is -0.0226. The molecular formula is C10H14BBrO2S. The fourth-order valence-electron chi connectivity index (χ4n) is 1.89. The zero-order valence-electron chi connectivity index (χ0n) is 9.12. The average molecular weight is 289 g/mol.